The number of rotatable bonds is 7. The molecule has 4 aromatic rings. The maximum atomic E-state index is 13.8. The molecule has 0 saturated heterocycles. The predicted molar refractivity (Wildman–Crippen MR) is 139 cm³/mol. The van der Waals surface area contributed by atoms with Crippen LogP contribution in [0.1, 0.15) is 15.9 Å². The van der Waals surface area contributed by atoms with Crippen LogP contribution in [0.2, 0.25) is 0 Å². The van der Waals surface area contributed by atoms with Crippen molar-refractivity contribution in [2.75, 3.05) is 10.8 Å². The first-order chi connectivity index (χ1) is 17.8. The molecule has 0 radical (unpaired) electrons. The summed E-state index contributed by atoms with van der Waals surface area (Å²) >= 11 is 0. The van der Waals surface area contributed by atoms with Crippen LogP contribution < -0.4 is 9.62 Å². The highest BCUT2D eigenvalue weighted by Crippen LogP contribution is 2.37. The van der Waals surface area contributed by atoms with Crippen LogP contribution in [-0.2, 0) is 21.2 Å². The largest absolute Gasteiger partial charge is 0.347 e. The lowest BCUT2D eigenvalue weighted by atomic mass is 10.1. The van der Waals surface area contributed by atoms with E-state index in [2.05, 4.69) is 5.32 Å². The maximum absolute atomic E-state index is 13.8. The van der Waals surface area contributed by atoms with Crippen LogP contribution in [0.3, 0.4) is 0 Å². The summed E-state index contributed by atoms with van der Waals surface area (Å²) in [6, 6.07) is 26.7. The van der Waals surface area contributed by atoms with Gasteiger partial charge < -0.3 is 5.32 Å². The molecule has 1 atom stereocenters. The Bertz CT molecular complexity index is 1550. The van der Waals surface area contributed by atoms with Gasteiger partial charge in [0.25, 0.3) is 10.0 Å². The zero-order valence-corrected chi connectivity index (χ0v) is 20.5. The van der Waals surface area contributed by atoms with E-state index in [9.17, 15) is 22.4 Å². The number of hydrogen-bond acceptors (Lipinski definition) is 4. The topological polar surface area (TPSA) is 83.6 Å². The van der Waals surface area contributed by atoms with Gasteiger partial charge in [0.05, 0.1) is 17.1 Å². The highest BCUT2D eigenvalue weighted by Gasteiger charge is 2.42. The molecule has 1 aliphatic heterocycles. The number of hydrogen-bond donors (Lipinski definition) is 1. The monoisotopic (exact) mass is 514 g/mol. The highest BCUT2D eigenvalue weighted by molar-refractivity contribution is 7.93. The van der Waals surface area contributed by atoms with Gasteiger partial charge in [0.15, 0.2) is 5.78 Å². The Morgan fingerprint density at radius 1 is 0.811 bits per heavy atom. The number of sulfonamides is 1. The number of anilines is 1. The average Bonchev–Trinajstić information content (AvgIpc) is 3.33. The Morgan fingerprint density at radius 2 is 1.41 bits per heavy atom. The summed E-state index contributed by atoms with van der Waals surface area (Å²) in [5.74, 6) is -1.17. The third kappa shape index (κ3) is 4.88. The molecule has 4 aromatic carbocycles. The molecule has 1 aliphatic rings. The van der Waals surface area contributed by atoms with E-state index in [1.54, 1.807) is 78.9 Å². The van der Waals surface area contributed by atoms with Crippen molar-refractivity contribution < 1.29 is 22.4 Å². The van der Waals surface area contributed by atoms with Gasteiger partial charge in [0, 0.05) is 12.0 Å². The maximum Gasteiger partial charge on any atom is 0.265 e. The third-order valence-corrected chi connectivity index (χ3v) is 8.17. The van der Waals surface area contributed by atoms with Crippen molar-refractivity contribution in [3.8, 4) is 11.1 Å². The van der Waals surface area contributed by atoms with Crippen LogP contribution in [0.5, 0.6) is 0 Å². The average molecular weight is 515 g/mol. The Labute approximate surface area is 214 Å². The number of carbonyl (C=O) groups excluding carboxylic acids is 2. The predicted octanol–water partition coefficient (Wildman–Crippen LogP) is 4.61. The summed E-state index contributed by atoms with van der Waals surface area (Å²) in [5, 5.41) is 2.62. The fraction of sp³-hybridized carbons (Fsp3) is 0.103. The van der Waals surface area contributed by atoms with E-state index < -0.39 is 22.0 Å². The normalized spacial score (nSPS) is 14.7. The van der Waals surface area contributed by atoms with Gasteiger partial charge in [0.1, 0.15) is 11.9 Å². The summed E-state index contributed by atoms with van der Waals surface area (Å²) < 4.78 is 42.0. The van der Waals surface area contributed by atoms with Crippen LogP contribution in [0, 0.1) is 5.82 Å². The van der Waals surface area contributed by atoms with E-state index in [1.807, 2.05) is 0 Å². The van der Waals surface area contributed by atoms with Crippen molar-refractivity contribution in [3.63, 3.8) is 0 Å². The molecule has 1 heterocycles. The van der Waals surface area contributed by atoms with Crippen LogP contribution in [0.4, 0.5) is 10.1 Å². The Morgan fingerprint density at radius 3 is 2.08 bits per heavy atom. The second kappa shape index (κ2) is 9.99. The van der Waals surface area contributed by atoms with E-state index in [4.69, 9.17) is 0 Å². The van der Waals surface area contributed by atoms with E-state index in [0.29, 0.717) is 11.3 Å². The molecule has 37 heavy (non-hydrogen) atoms. The van der Waals surface area contributed by atoms with E-state index in [-0.39, 0.29) is 29.5 Å². The van der Waals surface area contributed by atoms with Gasteiger partial charge in [0.2, 0.25) is 5.91 Å². The number of carbonyl (C=O) groups is 2. The van der Waals surface area contributed by atoms with Crippen molar-refractivity contribution in [1.82, 2.24) is 5.32 Å². The van der Waals surface area contributed by atoms with Gasteiger partial charge in [-0.2, -0.15) is 0 Å². The lowest BCUT2D eigenvalue weighted by Crippen LogP contribution is -2.49. The zero-order valence-electron chi connectivity index (χ0n) is 19.7. The second-order valence-corrected chi connectivity index (χ2v) is 10.5. The Balaban J connectivity index is 1.41. The highest BCUT2D eigenvalue weighted by atomic mass is 32.2. The SMILES string of the molecule is O=C(CNC(=O)[C@@H]1Cc2ccccc2N1S(=O)(=O)c1ccc(-c2ccc(F)cc2)cc1)c1ccccc1. The van der Waals surface area contributed by atoms with E-state index >= 15 is 0 Å². The van der Waals surface area contributed by atoms with Crippen LogP contribution >= 0.6 is 0 Å². The van der Waals surface area contributed by atoms with E-state index in [0.717, 1.165) is 21.0 Å². The standard InChI is InChI=1S/C29H23FN2O4S/c30-24-14-10-20(11-15-24)21-12-16-25(17-13-21)37(35,36)32-26-9-5-4-8-23(26)18-27(32)29(34)31-19-28(33)22-6-2-1-3-7-22/h1-17,27H,18-19H2,(H,31,34)/t27-/m0/s1. The number of benzene rings is 4. The molecule has 0 aromatic heterocycles. The molecule has 1 amide bonds. The van der Waals surface area contributed by atoms with Crippen molar-refractivity contribution in [1.29, 1.82) is 0 Å². The van der Waals surface area contributed by atoms with Gasteiger partial charge in [-0.15, -0.1) is 0 Å². The minimum Gasteiger partial charge on any atom is -0.347 e. The van der Waals surface area contributed by atoms with Gasteiger partial charge in [-0.25, -0.2) is 12.8 Å². The fourth-order valence-corrected chi connectivity index (χ4v) is 6.09. The molecule has 186 valence electrons. The third-order valence-electron chi connectivity index (χ3n) is 6.34. The van der Waals surface area contributed by atoms with Gasteiger partial charge in [-0.3, -0.25) is 13.9 Å². The summed E-state index contributed by atoms with van der Waals surface area (Å²) in [6.45, 7) is -0.240. The zero-order chi connectivity index (χ0) is 26.0. The van der Waals surface area contributed by atoms with E-state index in [1.165, 1.54) is 24.3 Å². The molecule has 6 nitrogen and oxygen atoms in total. The number of ketones is 1. The first-order valence-electron chi connectivity index (χ1n) is 11.7. The Hall–Kier alpha value is -4.30. The van der Waals surface area contributed by atoms with Gasteiger partial charge in [-0.1, -0.05) is 72.8 Å². The number of nitrogens with zero attached hydrogens (tertiary/aromatic N) is 1. The molecular weight excluding hydrogens is 491 g/mol. The van der Waals surface area contributed by atoms with Gasteiger partial charge >= 0.3 is 0 Å². The molecule has 0 saturated carbocycles. The first-order valence-corrected chi connectivity index (χ1v) is 13.1. The minimum absolute atomic E-state index is 0.0215. The smallest absolute Gasteiger partial charge is 0.265 e. The molecule has 0 unspecified atom stereocenters. The van der Waals surface area contributed by atoms with Crippen LogP contribution in [0.15, 0.2) is 108 Å². The Kier molecular flexibility index (Phi) is 6.58. The number of fused-ring (bicyclic) bond motifs is 1. The molecule has 8 heteroatoms. The molecular formula is C29H23FN2O4S. The molecule has 0 fully saturated rings. The lowest BCUT2D eigenvalue weighted by Gasteiger charge is -2.26. The number of amides is 1. The van der Waals surface area contributed by atoms with Gasteiger partial charge in [-0.05, 0) is 47.0 Å². The molecule has 1 N–H and O–H groups in total. The molecule has 5 rings (SSSR count). The number of halogens is 1. The second-order valence-electron chi connectivity index (χ2n) is 8.69. The van der Waals surface area contributed by atoms with Crippen molar-refractivity contribution in [2.24, 2.45) is 0 Å². The first kappa shape index (κ1) is 24.4. The van der Waals surface area contributed by atoms with Crippen LogP contribution in [-0.4, -0.2) is 32.7 Å². The number of para-hydroxylation sites is 1. The number of Topliss-reactive ketones (excluding diaryl/α,β-unsaturated/α-hetero) is 1. The fourth-order valence-electron chi connectivity index (χ4n) is 4.44. The summed E-state index contributed by atoms with van der Waals surface area (Å²) in [7, 11) is -4.12. The van der Waals surface area contributed by atoms with Crippen molar-refractivity contribution in [3.05, 3.63) is 120 Å². The molecule has 0 spiro atoms. The summed E-state index contributed by atoms with van der Waals surface area (Å²) in [6.07, 6.45) is 0.189. The summed E-state index contributed by atoms with van der Waals surface area (Å²) in [4.78, 5) is 25.7. The quantitative estimate of drug-likeness (QED) is 0.365. The summed E-state index contributed by atoms with van der Waals surface area (Å²) in [5.41, 5.74) is 3.10. The minimum atomic E-state index is -4.12. The number of nitrogens with one attached hydrogen (secondary N) is 1. The molecule has 0 aliphatic carbocycles. The lowest BCUT2D eigenvalue weighted by molar-refractivity contribution is -0.121. The van der Waals surface area contributed by atoms with Crippen molar-refractivity contribution >= 4 is 27.4 Å². The van der Waals surface area contributed by atoms with Crippen LogP contribution in [0.25, 0.3) is 11.1 Å². The van der Waals surface area contributed by atoms with Crippen molar-refractivity contribution in [2.45, 2.75) is 17.4 Å². The molecule has 0 bridgehead atoms.